The molecule has 7 nitrogen and oxygen atoms in total. The van der Waals surface area contributed by atoms with Gasteiger partial charge in [-0.15, -0.1) is 6.42 Å². The van der Waals surface area contributed by atoms with Crippen LogP contribution in [0.4, 0.5) is 5.69 Å². The third-order valence-electron chi connectivity index (χ3n) is 5.07. The highest BCUT2D eigenvalue weighted by Crippen LogP contribution is 2.22. The van der Waals surface area contributed by atoms with E-state index in [1.165, 1.54) is 0 Å². The van der Waals surface area contributed by atoms with Crippen molar-refractivity contribution in [2.75, 3.05) is 32.1 Å². The van der Waals surface area contributed by atoms with E-state index in [4.69, 9.17) is 15.9 Å². The second-order valence-corrected chi connectivity index (χ2v) is 7.61. The first-order valence-electron chi connectivity index (χ1n) is 10.7. The molecule has 32 heavy (non-hydrogen) atoms. The van der Waals surface area contributed by atoms with E-state index in [0.717, 1.165) is 36.3 Å². The number of ether oxygens (including phenoxy) is 2. The zero-order valence-corrected chi connectivity index (χ0v) is 18.6. The lowest BCUT2D eigenvalue weighted by atomic mass is 10.1. The fourth-order valence-electron chi connectivity index (χ4n) is 3.36. The quantitative estimate of drug-likeness (QED) is 0.338. The summed E-state index contributed by atoms with van der Waals surface area (Å²) in [6.45, 7) is 3.96. The maximum atomic E-state index is 12.3. The number of carbonyl (C=O) groups is 1. The lowest BCUT2D eigenvalue weighted by molar-refractivity contribution is -0.115. The smallest absolute Gasteiger partial charge is 0.243 e. The fourth-order valence-corrected chi connectivity index (χ4v) is 3.36. The zero-order valence-electron chi connectivity index (χ0n) is 18.6. The highest BCUT2D eigenvalue weighted by Gasteiger charge is 2.17. The molecule has 7 heteroatoms. The van der Waals surface area contributed by atoms with Crippen LogP contribution in [0.3, 0.4) is 0 Å². The Hall–Kier alpha value is -3.50. The van der Waals surface area contributed by atoms with Crippen molar-refractivity contribution in [3.63, 3.8) is 0 Å². The molecule has 0 bridgehead atoms. The van der Waals surface area contributed by atoms with E-state index < -0.39 is 0 Å². The summed E-state index contributed by atoms with van der Waals surface area (Å²) in [7, 11) is 1.66. The molecule has 2 aromatic rings. The Kier molecular flexibility index (Phi) is 8.52. The average molecular weight is 435 g/mol. The number of terminal acetylenes is 1. The SMILES string of the molecule is C#Cc1cccc(NC(=O)CNC(=NC)NCc2ccc(C)cc2OCC2CCCO2)c1. The van der Waals surface area contributed by atoms with Crippen molar-refractivity contribution in [2.24, 2.45) is 4.99 Å². The van der Waals surface area contributed by atoms with Gasteiger partial charge in [-0.3, -0.25) is 9.79 Å². The Morgan fingerprint density at radius 1 is 1.28 bits per heavy atom. The molecule has 1 amide bonds. The molecule has 2 aromatic carbocycles. The molecule has 0 aliphatic carbocycles. The zero-order chi connectivity index (χ0) is 22.8. The molecule has 0 radical (unpaired) electrons. The summed E-state index contributed by atoms with van der Waals surface area (Å²) in [4.78, 5) is 16.5. The fraction of sp³-hybridized carbons (Fsp3) is 0.360. The molecule has 0 spiro atoms. The number of aryl methyl sites for hydroxylation is 1. The van der Waals surface area contributed by atoms with Crippen LogP contribution >= 0.6 is 0 Å². The van der Waals surface area contributed by atoms with Gasteiger partial charge in [0.25, 0.3) is 0 Å². The van der Waals surface area contributed by atoms with Crippen molar-refractivity contribution >= 4 is 17.6 Å². The molecule has 1 fully saturated rings. The van der Waals surface area contributed by atoms with E-state index in [1.54, 1.807) is 25.2 Å². The molecular weight excluding hydrogens is 404 g/mol. The van der Waals surface area contributed by atoms with Crippen LogP contribution in [0.25, 0.3) is 0 Å². The predicted octanol–water partition coefficient (Wildman–Crippen LogP) is 2.84. The van der Waals surface area contributed by atoms with Crippen molar-refractivity contribution in [1.82, 2.24) is 10.6 Å². The molecule has 1 unspecified atom stereocenters. The Bertz CT molecular complexity index is 991. The number of amides is 1. The minimum absolute atomic E-state index is 0.0657. The van der Waals surface area contributed by atoms with Gasteiger partial charge in [-0.05, 0) is 49.6 Å². The van der Waals surface area contributed by atoms with Gasteiger partial charge in [-0.25, -0.2) is 0 Å². The lowest BCUT2D eigenvalue weighted by Gasteiger charge is -2.17. The van der Waals surface area contributed by atoms with Crippen LogP contribution in [0, 0.1) is 19.3 Å². The topological polar surface area (TPSA) is 84.0 Å². The monoisotopic (exact) mass is 434 g/mol. The summed E-state index contributed by atoms with van der Waals surface area (Å²) < 4.78 is 11.7. The molecule has 1 heterocycles. The molecular formula is C25H30N4O3. The van der Waals surface area contributed by atoms with Gasteiger partial charge in [0.15, 0.2) is 5.96 Å². The van der Waals surface area contributed by atoms with Crippen molar-refractivity contribution in [2.45, 2.75) is 32.4 Å². The largest absolute Gasteiger partial charge is 0.491 e. The number of benzene rings is 2. The number of guanidine groups is 1. The van der Waals surface area contributed by atoms with E-state index in [1.807, 2.05) is 31.2 Å². The van der Waals surface area contributed by atoms with Crippen LogP contribution in [-0.4, -0.2) is 44.8 Å². The van der Waals surface area contributed by atoms with Crippen LogP contribution < -0.4 is 20.7 Å². The number of hydrogen-bond donors (Lipinski definition) is 3. The second-order valence-electron chi connectivity index (χ2n) is 7.61. The van der Waals surface area contributed by atoms with E-state index in [-0.39, 0.29) is 18.6 Å². The number of hydrogen-bond acceptors (Lipinski definition) is 4. The van der Waals surface area contributed by atoms with E-state index in [9.17, 15) is 4.79 Å². The first-order chi connectivity index (χ1) is 15.6. The number of rotatable bonds is 8. The normalized spacial score (nSPS) is 15.7. The van der Waals surface area contributed by atoms with Crippen LogP contribution in [0.15, 0.2) is 47.5 Å². The third kappa shape index (κ3) is 7.03. The first-order valence-corrected chi connectivity index (χ1v) is 10.7. The highest BCUT2D eigenvalue weighted by molar-refractivity contribution is 5.95. The molecule has 3 rings (SSSR count). The molecule has 1 aliphatic rings. The number of nitrogens with zero attached hydrogens (tertiary/aromatic N) is 1. The van der Waals surface area contributed by atoms with Crippen LogP contribution in [0.2, 0.25) is 0 Å². The maximum absolute atomic E-state index is 12.3. The summed E-state index contributed by atoms with van der Waals surface area (Å²) in [5.41, 5.74) is 3.50. The Balaban J connectivity index is 1.50. The van der Waals surface area contributed by atoms with Gasteiger partial charge in [0.1, 0.15) is 12.4 Å². The van der Waals surface area contributed by atoms with Gasteiger partial charge in [-0.2, -0.15) is 0 Å². The first kappa shape index (κ1) is 23.2. The van der Waals surface area contributed by atoms with E-state index in [0.29, 0.717) is 30.4 Å². The van der Waals surface area contributed by atoms with Crippen molar-refractivity contribution < 1.29 is 14.3 Å². The molecule has 3 N–H and O–H groups in total. The van der Waals surface area contributed by atoms with Gasteiger partial charge in [-0.1, -0.05) is 24.1 Å². The summed E-state index contributed by atoms with van der Waals surface area (Å²) in [6.07, 6.45) is 7.68. The molecule has 0 saturated carbocycles. The Labute approximate surface area is 189 Å². The summed E-state index contributed by atoms with van der Waals surface area (Å²) in [5.74, 6) is 3.70. The minimum atomic E-state index is -0.196. The summed E-state index contributed by atoms with van der Waals surface area (Å²) >= 11 is 0. The third-order valence-corrected chi connectivity index (χ3v) is 5.07. The van der Waals surface area contributed by atoms with Gasteiger partial charge < -0.3 is 25.4 Å². The standard InChI is InChI=1S/C25H30N4O3/c1-4-19-7-5-8-21(14-19)29-24(30)16-28-25(26-3)27-15-20-11-10-18(2)13-23(20)32-17-22-9-6-12-31-22/h1,5,7-8,10-11,13-14,22H,6,9,12,15-17H2,2-3H3,(H,29,30)(H2,26,27,28). The summed E-state index contributed by atoms with van der Waals surface area (Å²) in [5, 5.41) is 9.07. The van der Waals surface area contributed by atoms with Crippen LogP contribution in [-0.2, 0) is 16.1 Å². The van der Waals surface area contributed by atoms with Crippen molar-refractivity contribution in [3.05, 3.63) is 59.2 Å². The van der Waals surface area contributed by atoms with E-state index in [2.05, 4.69) is 26.9 Å². The Morgan fingerprint density at radius 3 is 2.91 bits per heavy atom. The number of anilines is 1. The number of nitrogens with one attached hydrogen (secondary N) is 3. The van der Waals surface area contributed by atoms with E-state index >= 15 is 0 Å². The van der Waals surface area contributed by atoms with Gasteiger partial charge in [0.05, 0.1) is 12.6 Å². The summed E-state index contributed by atoms with van der Waals surface area (Å²) in [6, 6.07) is 13.3. The number of aliphatic imine (C=N–C) groups is 1. The molecule has 1 aliphatic heterocycles. The van der Waals surface area contributed by atoms with Gasteiger partial charge >= 0.3 is 0 Å². The molecule has 1 saturated heterocycles. The number of carbonyl (C=O) groups excluding carboxylic acids is 1. The minimum Gasteiger partial charge on any atom is -0.491 e. The van der Waals surface area contributed by atoms with Crippen molar-refractivity contribution in [1.29, 1.82) is 0 Å². The highest BCUT2D eigenvalue weighted by atomic mass is 16.5. The van der Waals surface area contributed by atoms with Gasteiger partial charge in [0, 0.05) is 37.0 Å². The van der Waals surface area contributed by atoms with Gasteiger partial charge in [0.2, 0.25) is 5.91 Å². The second kappa shape index (κ2) is 11.8. The molecule has 1 atom stereocenters. The Morgan fingerprint density at radius 2 is 2.16 bits per heavy atom. The van der Waals surface area contributed by atoms with Crippen LogP contribution in [0.1, 0.15) is 29.5 Å². The van der Waals surface area contributed by atoms with Crippen molar-refractivity contribution in [3.8, 4) is 18.1 Å². The predicted molar refractivity (Wildman–Crippen MR) is 127 cm³/mol. The molecule has 168 valence electrons. The maximum Gasteiger partial charge on any atom is 0.243 e. The van der Waals surface area contributed by atoms with Crippen LogP contribution in [0.5, 0.6) is 5.75 Å². The lowest BCUT2D eigenvalue weighted by Crippen LogP contribution is -2.41. The molecule has 0 aromatic heterocycles. The average Bonchev–Trinajstić information content (AvgIpc) is 3.32.